The second-order valence-corrected chi connectivity index (χ2v) is 6.72. The van der Waals surface area contributed by atoms with Crippen LogP contribution in [0.4, 0.5) is 0 Å². The number of imidazole rings is 1. The fourth-order valence-corrected chi connectivity index (χ4v) is 2.83. The van der Waals surface area contributed by atoms with Gasteiger partial charge in [-0.15, -0.1) is 0 Å². The molecule has 2 unspecified atom stereocenters. The van der Waals surface area contributed by atoms with Crippen LogP contribution in [-0.2, 0) is 6.54 Å². The van der Waals surface area contributed by atoms with Crippen LogP contribution in [0, 0.1) is 5.92 Å². The third-order valence-electron chi connectivity index (χ3n) is 3.97. The lowest BCUT2D eigenvalue weighted by atomic mass is 9.85. The zero-order valence-corrected chi connectivity index (χ0v) is 12.2. The molecule has 0 spiro atoms. The number of nitrogens with zero attached hydrogens (tertiary/aromatic N) is 2. The Balaban J connectivity index is 2.07. The Morgan fingerprint density at radius 3 is 2.72 bits per heavy atom. The maximum Gasteiger partial charge on any atom is 0.0951 e. The molecule has 0 aliphatic heterocycles. The molecule has 3 heteroatoms. The molecule has 0 bridgehead atoms. The molecule has 1 heterocycles. The molecule has 3 nitrogen and oxygen atoms in total. The lowest BCUT2D eigenvalue weighted by molar-refractivity contribution is 0.250. The summed E-state index contributed by atoms with van der Waals surface area (Å²) in [6.07, 6.45) is 9.45. The minimum Gasteiger partial charge on any atom is -0.330 e. The average molecular weight is 249 g/mol. The summed E-state index contributed by atoms with van der Waals surface area (Å²) >= 11 is 0. The number of nitrogens with one attached hydrogen (secondary N) is 1. The third-order valence-corrected chi connectivity index (χ3v) is 3.97. The first kappa shape index (κ1) is 13.6. The van der Waals surface area contributed by atoms with Gasteiger partial charge in [0.05, 0.1) is 12.0 Å². The smallest absolute Gasteiger partial charge is 0.0951 e. The van der Waals surface area contributed by atoms with E-state index >= 15 is 0 Å². The van der Waals surface area contributed by atoms with Gasteiger partial charge in [-0.05, 0) is 39.5 Å². The van der Waals surface area contributed by atoms with Crippen LogP contribution in [0.5, 0.6) is 0 Å². The van der Waals surface area contributed by atoms with Crippen molar-refractivity contribution in [1.82, 2.24) is 14.9 Å². The normalized spacial score (nSPS) is 25.3. The van der Waals surface area contributed by atoms with Crippen LogP contribution >= 0.6 is 0 Å². The first-order chi connectivity index (χ1) is 8.47. The van der Waals surface area contributed by atoms with Crippen LogP contribution in [0.15, 0.2) is 12.5 Å². The Bertz CT molecular complexity index is 375. The molecule has 1 aromatic rings. The van der Waals surface area contributed by atoms with E-state index in [0.29, 0.717) is 6.04 Å². The van der Waals surface area contributed by atoms with Gasteiger partial charge in [0.25, 0.3) is 0 Å². The highest BCUT2D eigenvalue weighted by Crippen LogP contribution is 2.34. The largest absolute Gasteiger partial charge is 0.330 e. The molecule has 102 valence electrons. The van der Waals surface area contributed by atoms with E-state index in [2.05, 4.69) is 42.6 Å². The van der Waals surface area contributed by atoms with Crippen molar-refractivity contribution in [2.45, 2.75) is 71.5 Å². The minimum absolute atomic E-state index is 0.160. The molecule has 18 heavy (non-hydrogen) atoms. The molecule has 2 atom stereocenters. The van der Waals surface area contributed by atoms with Gasteiger partial charge in [-0.3, -0.25) is 0 Å². The minimum atomic E-state index is 0.160. The van der Waals surface area contributed by atoms with Crippen molar-refractivity contribution < 1.29 is 0 Å². The standard InChI is InChI=1S/C15H27N3/c1-12-7-5-6-8-14(12)18-11-16-9-13(18)10-17-15(2,3)4/h9,11-12,14,17H,5-8,10H2,1-4H3. The first-order valence-electron chi connectivity index (χ1n) is 7.23. The molecule has 0 radical (unpaired) electrons. The van der Waals surface area contributed by atoms with Gasteiger partial charge in [0, 0.05) is 24.3 Å². The van der Waals surface area contributed by atoms with Crippen molar-refractivity contribution in [2.75, 3.05) is 0 Å². The van der Waals surface area contributed by atoms with Crippen LogP contribution in [-0.4, -0.2) is 15.1 Å². The molecule has 1 aromatic heterocycles. The van der Waals surface area contributed by atoms with Gasteiger partial charge < -0.3 is 9.88 Å². The molecular formula is C15H27N3. The molecule has 0 saturated heterocycles. The average Bonchev–Trinajstić information content (AvgIpc) is 2.74. The molecule has 1 saturated carbocycles. The van der Waals surface area contributed by atoms with E-state index in [9.17, 15) is 0 Å². The van der Waals surface area contributed by atoms with Crippen molar-refractivity contribution in [1.29, 1.82) is 0 Å². The van der Waals surface area contributed by atoms with E-state index in [-0.39, 0.29) is 5.54 Å². The van der Waals surface area contributed by atoms with Gasteiger partial charge in [-0.1, -0.05) is 19.8 Å². The van der Waals surface area contributed by atoms with Gasteiger partial charge >= 0.3 is 0 Å². The highest BCUT2D eigenvalue weighted by molar-refractivity contribution is 5.02. The summed E-state index contributed by atoms with van der Waals surface area (Å²) in [4.78, 5) is 4.36. The summed E-state index contributed by atoms with van der Waals surface area (Å²) in [5.41, 5.74) is 1.48. The van der Waals surface area contributed by atoms with Crippen LogP contribution < -0.4 is 5.32 Å². The Hall–Kier alpha value is -0.830. The van der Waals surface area contributed by atoms with E-state index in [0.717, 1.165) is 12.5 Å². The van der Waals surface area contributed by atoms with E-state index < -0.39 is 0 Å². The highest BCUT2D eigenvalue weighted by atomic mass is 15.1. The van der Waals surface area contributed by atoms with E-state index in [4.69, 9.17) is 0 Å². The van der Waals surface area contributed by atoms with Crippen LogP contribution in [0.25, 0.3) is 0 Å². The Kier molecular flexibility index (Phi) is 4.10. The molecule has 0 amide bonds. The van der Waals surface area contributed by atoms with E-state index in [1.807, 2.05) is 12.5 Å². The van der Waals surface area contributed by atoms with E-state index in [1.54, 1.807) is 0 Å². The maximum atomic E-state index is 4.36. The summed E-state index contributed by atoms with van der Waals surface area (Å²) in [5.74, 6) is 0.779. The fourth-order valence-electron chi connectivity index (χ4n) is 2.83. The Morgan fingerprint density at radius 1 is 1.33 bits per heavy atom. The van der Waals surface area contributed by atoms with Gasteiger partial charge in [-0.2, -0.15) is 0 Å². The lowest BCUT2D eigenvalue weighted by Gasteiger charge is -2.31. The number of hydrogen-bond donors (Lipinski definition) is 1. The summed E-state index contributed by atoms with van der Waals surface area (Å²) in [7, 11) is 0. The second-order valence-electron chi connectivity index (χ2n) is 6.72. The van der Waals surface area contributed by atoms with Crippen molar-refractivity contribution in [2.24, 2.45) is 5.92 Å². The van der Waals surface area contributed by atoms with Crippen molar-refractivity contribution >= 4 is 0 Å². The topological polar surface area (TPSA) is 29.9 Å². The zero-order chi connectivity index (χ0) is 13.2. The quantitative estimate of drug-likeness (QED) is 0.888. The summed E-state index contributed by atoms with van der Waals surface area (Å²) in [5, 5.41) is 3.56. The molecular weight excluding hydrogens is 222 g/mol. The summed E-state index contributed by atoms with van der Waals surface area (Å²) in [6, 6.07) is 0.651. The molecule has 1 fully saturated rings. The van der Waals surface area contributed by atoms with Crippen molar-refractivity contribution in [3.05, 3.63) is 18.2 Å². The maximum absolute atomic E-state index is 4.36. The third kappa shape index (κ3) is 3.35. The van der Waals surface area contributed by atoms with Crippen LogP contribution in [0.1, 0.15) is 65.1 Å². The van der Waals surface area contributed by atoms with Crippen LogP contribution in [0.3, 0.4) is 0 Å². The first-order valence-corrected chi connectivity index (χ1v) is 7.23. The van der Waals surface area contributed by atoms with Gasteiger partial charge in [0.1, 0.15) is 0 Å². The number of rotatable bonds is 3. The van der Waals surface area contributed by atoms with Crippen LogP contribution in [0.2, 0.25) is 0 Å². The SMILES string of the molecule is CC1CCCCC1n1cncc1CNC(C)(C)C. The van der Waals surface area contributed by atoms with Gasteiger partial charge in [0.2, 0.25) is 0 Å². The van der Waals surface area contributed by atoms with Gasteiger partial charge in [-0.25, -0.2) is 4.98 Å². The van der Waals surface area contributed by atoms with Crippen molar-refractivity contribution in [3.8, 4) is 0 Å². The summed E-state index contributed by atoms with van der Waals surface area (Å²) < 4.78 is 2.41. The van der Waals surface area contributed by atoms with Gasteiger partial charge in [0.15, 0.2) is 0 Å². The monoisotopic (exact) mass is 249 g/mol. The summed E-state index contributed by atoms with van der Waals surface area (Å²) in [6.45, 7) is 9.91. The molecule has 0 aromatic carbocycles. The fraction of sp³-hybridized carbons (Fsp3) is 0.800. The number of aromatic nitrogens is 2. The molecule has 2 rings (SSSR count). The van der Waals surface area contributed by atoms with Crippen molar-refractivity contribution in [3.63, 3.8) is 0 Å². The highest BCUT2D eigenvalue weighted by Gasteiger charge is 2.24. The van der Waals surface area contributed by atoms with E-state index in [1.165, 1.54) is 31.4 Å². The second kappa shape index (κ2) is 5.43. The predicted octanol–water partition coefficient (Wildman–Crippen LogP) is 3.52. The Morgan fingerprint density at radius 2 is 2.06 bits per heavy atom. The molecule has 1 aliphatic rings. The molecule has 1 aliphatic carbocycles. The zero-order valence-electron chi connectivity index (χ0n) is 12.2. The lowest BCUT2D eigenvalue weighted by Crippen LogP contribution is -2.36. The predicted molar refractivity (Wildman–Crippen MR) is 75.5 cm³/mol. The Labute approximate surface area is 111 Å². The number of hydrogen-bond acceptors (Lipinski definition) is 2. The molecule has 1 N–H and O–H groups in total.